The van der Waals surface area contributed by atoms with Gasteiger partial charge in [-0.25, -0.2) is 0 Å². The number of hydrogen-bond donors (Lipinski definition) is 2. The van der Waals surface area contributed by atoms with Gasteiger partial charge < -0.3 is 10.6 Å². The van der Waals surface area contributed by atoms with Crippen LogP contribution in [0.25, 0.3) is 0 Å². The molecule has 2 aromatic carbocycles. The Balaban J connectivity index is 2.10. The Morgan fingerprint density at radius 2 is 1.68 bits per heavy atom. The highest BCUT2D eigenvalue weighted by Gasteiger charge is 2.10. The smallest absolute Gasteiger partial charge is 0.263 e. The normalized spacial score (nSPS) is 10.8. The fourth-order valence-corrected chi connectivity index (χ4v) is 2.59. The summed E-state index contributed by atoms with van der Waals surface area (Å²) >= 11 is 0. The monoisotopic (exact) mass is 333 g/mol. The number of amides is 1. The van der Waals surface area contributed by atoms with Crippen LogP contribution < -0.4 is 10.6 Å². The predicted molar refractivity (Wildman–Crippen MR) is 101 cm³/mol. The van der Waals surface area contributed by atoms with E-state index in [4.69, 9.17) is 0 Å². The van der Waals surface area contributed by atoms with Crippen LogP contribution in [0.15, 0.2) is 60.3 Å². The van der Waals surface area contributed by atoms with Crippen molar-refractivity contribution in [3.63, 3.8) is 0 Å². The highest BCUT2D eigenvalue weighted by atomic mass is 16.1. The lowest BCUT2D eigenvalue weighted by Crippen LogP contribution is -2.24. The third-order valence-corrected chi connectivity index (χ3v) is 4.02. The highest BCUT2D eigenvalue weighted by Crippen LogP contribution is 2.22. The van der Waals surface area contributed by atoms with Crippen molar-refractivity contribution in [3.8, 4) is 6.07 Å². The Labute approximate surface area is 149 Å². The van der Waals surface area contributed by atoms with E-state index >= 15 is 0 Å². The minimum atomic E-state index is -0.383. The Kier molecular flexibility index (Phi) is 6.79. The van der Waals surface area contributed by atoms with Crippen molar-refractivity contribution < 1.29 is 4.79 Å². The van der Waals surface area contributed by atoms with Crippen LogP contribution in [-0.2, 0) is 24.2 Å². The standard InChI is InChI=1S/C21H23N3O/c1-3-17-11-8-12-18(4-2)20(17)23-15-19(13-22)21(25)24-14-16-9-6-5-7-10-16/h5-12,15,23H,3-4,14H2,1-2H3,(H,24,25)/b19-15-. The Morgan fingerprint density at radius 1 is 1.04 bits per heavy atom. The lowest BCUT2D eigenvalue weighted by atomic mass is 10.0. The van der Waals surface area contributed by atoms with E-state index in [2.05, 4.69) is 36.6 Å². The summed E-state index contributed by atoms with van der Waals surface area (Å²) in [6.07, 6.45) is 3.26. The van der Waals surface area contributed by atoms with Crippen LogP contribution in [0.4, 0.5) is 5.69 Å². The van der Waals surface area contributed by atoms with E-state index in [1.165, 1.54) is 6.20 Å². The third-order valence-electron chi connectivity index (χ3n) is 4.02. The number of nitriles is 1. The number of nitrogens with zero attached hydrogens (tertiary/aromatic N) is 1. The fourth-order valence-electron chi connectivity index (χ4n) is 2.59. The molecule has 0 bridgehead atoms. The van der Waals surface area contributed by atoms with Crippen molar-refractivity contribution in [3.05, 3.63) is 77.0 Å². The molecule has 4 nitrogen and oxygen atoms in total. The maximum atomic E-state index is 12.2. The Hall–Kier alpha value is -3.06. The molecule has 0 unspecified atom stereocenters. The zero-order valence-electron chi connectivity index (χ0n) is 14.7. The maximum absolute atomic E-state index is 12.2. The van der Waals surface area contributed by atoms with E-state index in [-0.39, 0.29) is 11.5 Å². The summed E-state index contributed by atoms with van der Waals surface area (Å²) in [4.78, 5) is 12.2. The van der Waals surface area contributed by atoms with E-state index in [0.717, 1.165) is 35.2 Å². The van der Waals surface area contributed by atoms with Gasteiger partial charge in [-0.05, 0) is 29.5 Å². The maximum Gasteiger partial charge on any atom is 0.263 e. The second kappa shape index (κ2) is 9.29. The molecular formula is C21H23N3O. The molecule has 0 aliphatic rings. The summed E-state index contributed by atoms with van der Waals surface area (Å²) in [5, 5.41) is 15.2. The molecular weight excluding hydrogens is 310 g/mol. The number of carbonyl (C=O) groups excluding carboxylic acids is 1. The van der Waals surface area contributed by atoms with Gasteiger partial charge in [0.25, 0.3) is 5.91 Å². The van der Waals surface area contributed by atoms with Crippen LogP contribution in [0, 0.1) is 11.3 Å². The van der Waals surface area contributed by atoms with Crippen molar-refractivity contribution in [2.24, 2.45) is 0 Å². The number of anilines is 1. The molecule has 0 heterocycles. The summed E-state index contributed by atoms with van der Waals surface area (Å²) < 4.78 is 0. The van der Waals surface area contributed by atoms with Crippen molar-refractivity contribution in [1.82, 2.24) is 5.32 Å². The molecule has 0 aliphatic heterocycles. The SMILES string of the molecule is CCc1cccc(CC)c1N/C=C(/C#N)C(=O)NCc1ccccc1. The summed E-state index contributed by atoms with van der Waals surface area (Å²) in [7, 11) is 0. The van der Waals surface area contributed by atoms with E-state index in [9.17, 15) is 10.1 Å². The third kappa shape index (κ3) is 4.95. The zero-order chi connectivity index (χ0) is 18.1. The minimum Gasteiger partial charge on any atom is -0.360 e. The van der Waals surface area contributed by atoms with Crippen molar-refractivity contribution in [2.75, 3.05) is 5.32 Å². The van der Waals surface area contributed by atoms with Crippen LogP contribution in [0.1, 0.15) is 30.5 Å². The topological polar surface area (TPSA) is 64.9 Å². The summed E-state index contributed by atoms with van der Waals surface area (Å²) in [6.45, 7) is 4.56. The molecule has 0 saturated carbocycles. The van der Waals surface area contributed by atoms with Gasteiger partial charge in [-0.3, -0.25) is 4.79 Å². The van der Waals surface area contributed by atoms with Gasteiger partial charge in [0.2, 0.25) is 0 Å². The molecule has 4 heteroatoms. The van der Waals surface area contributed by atoms with Crippen LogP contribution in [0.5, 0.6) is 0 Å². The second-order valence-electron chi connectivity index (χ2n) is 5.64. The molecule has 0 saturated heterocycles. The largest absolute Gasteiger partial charge is 0.360 e. The van der Waals surface area contributed by atoms with E-state index in [1.54, 1.807) is 0 Å². The molecule has 0 aliphatic carbocycles. The highest BCUT2D eigenvalue weighted by molar-refractivity contribution is 5.97. The average Bonchev–Trinajstić information content (AvgIpc) is 2.67. The summed E-state index contributed by atoms with van der Waals surface area (Å²) in [5.41, 5.74) is 4.36. The molecule has 25 heavy (non-hydrogen) atoms. The van der Waals surface area contributed by atoms with Gasteiger partial charge in [0.05, 0.1) is 0 Å². The molecule has 2 N–H and O–H groups in total. The number of benzene rings is 2. The number of carbonyl (C=O) groups is 1. The zero-order valence-corrected chi connectivity index (χ0v) is 14.7. The van der Waals surface area contributed by atoms with Crippen LogP contribution in [-0.4, -0.2) is 5.91 Å². The second-order valence-corrected chi connectivity index (χ2v) is 5.64. The number of aryl methyl sites for hydroxylation is 2. The lowest BCUT2D eigenvalue weighted by molar-refractivity contribution is -0.117. The summed E-state index contributed by atoms with van der Waals surface area (Å²) in [6, 6.07) is 17.7. The van der Waals surface area contributed by atoms with Crippen molar-refractivity contribution in [2.45, 2.75) is 33.2 Å². The van der Waals surface area contributed by atoms with Gasteiger partial charge >= 0.3 is 0 Å². The number of rotatable bonds is 7. The van der Waals surface area contributed by atoms with Crippen LogP contribution >= 0.6 is 0 Å². The average molecular weight is 333 g/mol. The molecule has 0 aromatic heterocycles. The van der Waals surface area contributed by atoms with Gasteiger partial charge in [-0.1, -0.05) is 62.4 Å². The minimum absolute atomic E-state index is 0.0592. The van der Waals surface area contributed by atoms with E-state index in [0.29, 0.717) is 6.54 Å². The van der Waals surface area contributed by atoms with E-state index in [1.807, 2.05) is 42.5 Å². The first-order chi connectivity index (χ1) is 12.2. The predicted octanol–water partition coefficient (Wildman–Crippen LogP) is 3.95. The number of para-hydroxylation sites is 1. The quantitative estimate of drug-likeness (QED) is 0.596. The molecule has 0 spiro atoms. The molecule has 128 valence electrons. The van der Waals surface area contributed by atoms with Crippen LogP contribution in [0.3, 0.4) is 0 Å². The number of nitrogens with one attached hydrogen (secondary N) is 2. The van der Waals surface area contributed by atoms with Crippen LogP contribution in [0.2, 0.25) is 0 Å². The Morgan fingerprint density at radius 3 is 2.24 bits per heavy atom. The van der Waals surface area contributed by atoms with Gasteiger partial charge in [-0.2, -0.15) is 5.26 Å². The van der Waals surface area contributed by atoms with Gasteiger partial charge in [-0.15, -0.1) is 0 Å². The molecule has 0 fully saturated rings. The Bertz CT molecular complexity index is 766. The first-order valence-electron chi connectivity index (χ1n) is 8.49. The van der Waals surface area contributed by atoms with Gasteiger partial charge in [0.1, 0.15) is 11.6 Å². The molecule has 0 atom stereocenters. The number of hydrogen-bond acceptors (Lipinski definition) is 3. The van der Waals surface area contributed by atoms with Gasteiger partial charge in [0.15, 0.2) is 0 Å². The van der Waals surface area contributed by atoms with E-state index < -0.39 is 0 Å². The molecule has 2 aromatic rings. The van der Waals surface area contributed by atoms with Crippen molar-refractivity contribution >= 4 is 11.6 Å². The summed E-state index contributed by atoms with van der Waals surface area (Å²) in [5.74, 6) is -0.383. The van der Waals surface area contributed by atoms with Crippen molar-refractivity contribution in [1.29, 1.82) is 5.26 Å². The first kappa shape index (κ1) is 18.3. The van der Waals surface area contributed by atoms with Gasteiger partial charge in [0, 0.05) is 18.4 Å². The fraction of sp³-hybridized carbons (Fsp3) is 0.238. The molecule has 0 radical (unpaired) electrons. The lowest BCUT2D eigenvalue weighted by Gasteiger charge is -2.13. The molecule has 1 amide bonds. The molecule has 2 rings (SSSR count). The first-order valence-corrected chi connectivity index (χ1v) is 8.49.